The summed E-state index contributed by atoms with van der Waals surface area (Å²) in [5.74, 6) is 0.347. The molecule has 142 valence electrons. The first kappa shape index (κ1) is 20.0. The van der Waals surface area contributed by atoms with Crippen LogP contribution in [0, 0.1) is 23.7 Å². The highest BCUT2D eigenvalue weighted by Crippen LogP contribution is 2.50. The van der Waals surface area contributed by atoms with Gasteiger partial charge in [0.25, 0.3) is 0 Å². The van der Waals surface area contributed by atoms with Gasteiger partial charge in [-0.1, -0.05) is 12.2 Å². The zero-order valence-electron chi connectivity index (χ0n) is 17.2. The van der Waals surface area contributed by atoms with E-state index in [9.17, 15) is 9.59 Å². The van der Waals surface area contributed by atoms with Crippen molar-refractivity contribution in [3.8, 4) is 0 Å². The molecule has 0 aromatic carbocycles. The zero-order chi connectivity index (χ0) is 19.0. The molecule has 0 aliphatic heterocycles. The normalized spacial score (nSPS) is 27.8. The van der Waals surface area contributed by atoms with Gasteiger partial charge >= 0.3 is 0 Å². The van der Waals surface area contributed by atoms with Crippen LogP contribution in [0.15, 0.2) is 12.2 Å². The number of fused-ring (bicyclic) bond motifs is 2. The summed E-state index contributed by atoms with van der Waals surface area (Å²) in [6.45, 7) is 16.5. The molecule has 4 atom stereocenters. The Morgan fingerprint density at radius 2 is 0.960 bits per heavy atom. The number of carbonyl (C=O) groups is 2. The van der Waals surface area contributed by atoms with Gasteiger partial charge in [0.05, 0.1) is 11.8 Å². The van der Waals surface area contributed by atoms with Crippen LogP contribution in [0.1, 0.15) is 61.8 Å². The maximum absolute atomic E-state index is 13.4. The van der Waals surface area contributed by atoms with E-state index in [0.29, 0.717) is 0 Å². The third-order valence-electron chi connectivity index (χ3n) is 5.76. The maximum Gasteiger partial charge on any atom is 0.227 e. The Kier molecular flexibility index (Phi) is 6.01. The molecule has 0 radical (unpaired) electrons. The molecule has 2 aliphatic rings. The lowest BCUT2D eigenvalue weighted by Crippen LogP contribution is -2.53. The number of amides is 2. The second-order valence-electron chi connectivity index (χ2n) is 8.87. The summed E-state index contributed by atoms with van der Waals surface area (Å²) in [7, 11) is 0. The summed E-state index contributed by atoms with van der Waals surface area (Å²) in [6, 6.07) is 0.602. The van der Waals surface area contributed by atoms with Gasteiger partial charge in [-0.3, -0.25) is 9.59 Å². The minimum atomic E-state index is -0.202. The summed E-state index contributed by atoms with van der Waals surface area (Å²) in [4.78, 5) is 30.8. The lowest BCUT2D eigenvalue weighted by molar-refractivity contribution is -0.151. The number of allylic oxidation sites excluding steroid dienone is 2. The highest BCUT2D eigenvalue weighted by molar-refractivity contribution is 5.90. The largest absolute Gasteiger partial charge is 0.338 e. The number of hydrogen-bond acceptors (Lipinski definition) is 2. The fourth-order valence-electron chi connectivity index (χ4n) is 5.05. The van der Waals surface area contributed by atoms with Crippen LogP contribution in [0.2, 0.25) is 0 Å². The molecule has 1 fully saturated rings. The van der Waals surface area contributed by atoms with Crippen LogP contribution in [0.5, 0.6) is 0 Å². The van der Waals surface area contributed by atoms with Gasteiger partial charge in [-0.05, 0) is 73.6 Å². The molecular formula is C21H36N2O2. The second-order valence-corrected chi connectivity index (χ2v) is 8.87. The monoisotopic (exact) mass is 348 g/mol. The highest BCUT2D eigenvalue weighted by atomic mass is 16.2. The van der Waals surface area contributed by atoms with Gasteiger partial charge in [-0.15, -0.1) is 0 Å². The number of rotatable bonds is 6. The first-order chi connectivity index (χ1) is 11.6. The minimum absolute atomic E-state index is 0.151. The molecule has 0 unspecified atom stereocenters. The summed E-state index contributed by atoms with van der Waals surface area (Å²) < 4.78 is 0. The molecule has 4 nitrogen and oxygen atoms in total. The fraction of sp³-hybridized carbons (Fsp3) is 0.810. The minimum Gasteiger partial charge on any atom is -0.338 e. The van der Waals surface area contributed by atoms with Crippen molar-refractivity contribution in [3.63, 3.8) is 0 Å². The third-order valence-corrected chi connectivity index (χ3v) is 5.76. The van der Waals surface area contributed by atoms with Crippen LogP contribution in [0.25, 0.3) is 0 Å². The lowest BCUT2D eigenvalue weighted by atomic mass is 9.80. The van der Waals surface area contributed by atoms with E-state index in [1.165, 1.54) is 0 Å². The van der Waals surface area contributed by atoms with Gasteiger partial charge in [0.15, 0.2) is 0 Å². The van der Waals surface area contributed by atoms with Crippen LogP contribution >= 0.6 is 0 Å². The molecule has 1 saturated carbocycles. The number of hydrogen-bond donors (Lipinski definition) is 0. The molecular weight excluding hydrogens is 312 g/mol. The van der Waals surface area contributed by atoms with Gasteiger partial charge in [0.1, 0.15) is 0 Å². The van der Waals surface area contributed by atoms with Gasteiger partial charge in [0, 0.05) is 24.2 Å². The van der Waals surface area contributed by atoms with Crippen molar-refractivity contribution < 1.29 is 9.59 Å². The molecule has 0 spiro atoms. The Labute approximate surface area is 153 Å². The van der Waals surface area contributed by atoms with Gasteiger partial charge in [0.2, 0.25) is 11.8 Å². The van der Waals surface area contributed by atoms with E-state index in [-0.39, 0.29) is 59.7 Å². The molecule has 2 amide bonds. The fourth-order valence-corrected chi connectivity index (χ4v) is 5.05. The molecule has 0 aromatic rings. The summed E-state index contributed by atoms with van der Waals surface area (Å²) >= 11 is 0. The van der Waals surface area contributed by atoms with Crippen LogP contribution in [-0.2, 0) is 9.59 Å². The molecule has 2 bridgehead atoms. The van der Waals surface area contributed by atoms with Crippen LogP contribution in [0.3, 0.4) is 0 Å². The van der Waals surface area contributed by atoms with Crippen LogP contribution in [-0.4, -0.2) is 45.8 Å². The average Bonchev–Trinajstić information content (AvgIpc) is 3.05. The van der Waals surface area contributed by atoms with E-state index in [4.69, 9.17) is 0 Å². The molecule has 25 heavy (non-hydrogen) atoms. The van der Waals surface area contributed by atoms with Crippen LogP contribution in [0.4, 0.5) is 0 Å². The maximum atomic E-state index is 13.4. The van der Waals surface area contributed by atoms with Crippen molar-refractivity contribution >= 4 is 11.8 Å². The molecule has 0 heterocycles. The first-order valence-corrected chi connectivity index (χ1v) is 9.90. The van der Waals surface area contributed by atoms with Crippen molar-refractivity contribution in [1.82, 2.24) is 9.80 Å². The molecule has 4 heteroatoms. The predicted molar refractivity (Wildman–Crippen MR) is 102 cm³/mol. The summed E-state index contributed by atoms with van der Waals surface area (Å²) in [6.07, 6.45) is 5.29. The highest BCUT2D eigenvalue weighted by Gasteiger charge is 2.54. The SMILES string of the molecule is CC(C)N(C(=O)[C@@H]1[C@@H](C(=O)N(C(C)C)C(C)C)[C@H]2C=C[C@@H]1C2)C(C)C. The standard InChI is InChI=1S/C21H36N2O2/c1-12(2)22(13(3)4)20(24)18-16-9-10-17(11-16)19(18)21(25)23(14(5)6)15(7)8/h9-10,12-19H,11H2,1-8H3/t16-,17+,18-,19-/m0/s1. The topological polar surface area (TPSA) is 40.6 Å². The quantitative estimate of drug-likeness (QED) is 0.687. The zero-order valence-corrected chi connectivity index (χ0v) is 17.2. The van der Waals surface area contributed by atoms with E-state index < -0.39 is 0 Å². The molecule has 0 saturated heterocycles. The Balaban J connectivity index is 2.35. The van der Waals surface area contributed by atoms with E-state index >= 15 is 0 Å². The van der Waals surface area contributed by atoms with Gasteiger partial charge in [-0.25, -0.2) is 0 Å². The summed E-state index contributed by atoms with van der Waals surface area (Å²) in [5.41, 5.74) is 0. The molecule has 0 N–H and O–H groups in total. The number of carbonyl (C=O) groups excluding carboxylic acids is 2. The first-order valence-electron chi connectivity index (χ1n) is 9.90. The van der Waals surface area contributed by atoms with Crippen molar-refractivity contribution in [2.24, 2.45) is 23.7 Å². The number of nitrogens with zero attached hydrogens (tertiary/aromatic N) is 2. The Morgan fingerprint density at radius 1 is 0.680 bits per heavy atom. The molecule has 0 aromatic heterocycles. The smallest absolute Gasteiger partial charge is 0.227 e. The van der Waals surface area contributed by atoms with Crippen molar-refractivity contribution in [3.05, 3.63) is 12.2 Å². The Morgan fingerprint density at radius 3 is 1.20 bits per heavy atom. The van der Waals surface area contributed by atoms with E-state index in [2.05, 4.69) is 67.5 Å². The van der Waals surface area contributed by atoms with E-state index in [0.717, 1.165) is 6.42 Å². The average molecular weight is 349 g/mol. The van der Waals surface area contributed by atoms with Gasteiger partial charge in [-0.2, -0.15) is 0 Å². The second kappa shape index (κ2) is 7.51. The Hall–Kier alpha value is -1.32. The van der Waals surface area contributed by atoms with E-state index in [1.54, 1.807) is 0 Å². The van der Waals surface area contributed by atoms with Crippen molar-refractivity contribution in [1.29, 1.82) is 0 Å². The van der Waals surface area contributed by atoms with Crippen molar-refractivity contribution in [2.45, 2.75) is 86.0 Å². The van der Waals surface area contributed by atoms with Gasteiger partial charge < -0.3 is 9.80 Å². The molecule has 2 aliphatic carbocycles. The third kappa shape index (κ3) is 3.63. The van der Waals surface area contributed by atoms with Crippen molar-refractivity contribution in [2.75, 3.05) is 0 Å². The Bertz CT molecular complexity index is 474. The van der Waals surface area contributed by atoms with E-state index in [1.807, 2.05) is 9.80 Å². The lowest BCUT2D eigenvalue weighted by Gasteiger charge is -2.40. The predicted octanol–water partition coefficient (Wildman–Crippen LogP) is 3.72. The van der Waals surface area contributed by atoms with Crippen LogP contribution < -0.4 is 0 Å². The summed E-state index contributed by atoms with van der Waals surface area (Å²) in [5, 5.41) is 0. The molecule has 2 rings (SSSR count).